The molecule has 0 aliphatic rings. The van der Waals surface area contributed by atoms with Gasteiger partial charge in [0.05, 0.1) is 27.3 Å². The van der Waals surface area contributed by atoms with Crippen LogP contribution < -0.4 is 0 Å². The summed E-state index contributed by atoms with van der Waals surface area (Å²) in [5.41, 5.74) is 0. The van der Waals surface area contributed by atoms with Gasteiger partial charge in [-0.25, -0.2) is 0 Å². The van der Waals surface area contributed by atoms with Crippen LogP contribution in [0.15, 0.2) is 0 Å². The van der Waals surface area contributed by atoms with E-state index in [2.05, 4.69) is 41.9 Å². The maximum Gasteiger partial charge on any atom is 0.119 e. The molecule has 0 saturated heterocycles. The third kappa shape index (κ3) is 3.72. The summed E-state index contributed by atoms with van der Waals surface area (Å²) >= 11 is 0. The van der Waals surface area contributed by atoms with E-state index < -0.39 is 8.07 Å². The molecule has 0 aliphatic heterocycles. The number of rotatable bonds is 5. The Labute approximate surface area is 79.4 Å². The first-order valence-corrected chi connectivity index (χ1v) is 8.02. The monoisotopic (exact) mass is 188 g/mol. The molecular weight excluding hydrogens is 162 g/mol. The van der Waals surface area contributed by atoms with Crippen molar-refractivity contribution in [2.75, 3.05) is 27.3 Å². The van der Waals surface area contributed by atoms with Crippen LogP contribution in [0.25, 0.3) is 0 Å². The van der Waals surface area contributed by atoms with Crippen LogP contribution in [0, 0.1) is 0 Å². The number of hydrogen-bond donors (Lipinski definition) is 0. The van der Waals surface area contributed by atoms with Gasteiger partial charge >= 0.3 is 0 Å². The second kappa shape index (κ2) is 4.42. The second-order valence-corrected chi connectivity index (χ2v) is 10.4. The first kappa shape index (κ1) is 12.2. The molecule has 0 rings (SSSR count). The van der Waals surface area contributed by atoms with Gasteiger partial charge in [-0.2, -0.15) is 0 Å². The Morgan fingerprint density at radius 1 is 0.833 bits per heavy atom. The molecule has 0 amide bonds. The summed E-state index contributed by atoms with van der Waals surface area (Å²) in [6, 6.07) is 4.36. The largest absolute Gasteiger partial charge is 0.334 e. The van der Waals surface area contributed by atoms with E-state index in [1.54, 1.807) is 0 Å². The molecule has 1 nitrogen and oxygen atoms in total. The van der Waals surface area contributed by atoms with E-state index in [1.165, 1.54) is 24.3 Å². The van der Waals surface area contributed by atoms with Gasteiger partial charge in [0.1, 0.15) is 8.07 Å². The van der Waals surface area contributed by atoms with Crippen molar-refractivity contribution < 1.29 is 4.48 Å². The van der Waals surface area contributed by atoms with Crippen LogP contribution in [0.1, 0.15) is 20.8 Å². The van der Waals surface area contributed by atoms with Gasteiger partial charge in [0.2, 0.25) is 0 Å². The molecule has 0 bridgehead atoms. The molecular formula is C10H26NSi+. The smallest absolute Gasteiger partial charge is 0.119 e. The zero-order valence-electron chi connectivity index (χ0n) is 9.78. The molecule has 0 aliphatic carbocycles. The molecule has 0 aromatic rings. The van der Waals surface area contributed by atoms with E-state index in [0.29, 0.717) is 0 Å². The minimum absolute atomic E-state index is 0.881. The van der Waals surface area contributed by atoms with Gasteiger partial charge < -0.3 is 4.48 Å². The molecule has 0 fully saturated rings. The minimum atomic E-state index is -0.881. The van der Waals surface area contributed by atoms with Gasteiger partial charge in [0.25, 0.3) is 0 Å². The van der Waals surface area contributed by atoms with Crippen molar-refractivity contribution in [2.45, 2.75) is 38.9 Å². The molecule has 0 heterocycles. The summed E-state index contributed by atoms with van der Waals surface area (Å²) in [4.78, 5) is 0. The average molecular weight is 188 g/mol. The number of hydrogen-bond acceptors (Lipinski definition) is 0. The zero-order valence-corrected chi connectivity index (χ0v) is 10.8. The molecule has 74 valence electrons. The summed E-state index contributed by atoms with van der Waals surface area (Å²) in [5.74, 6) is 0. The lowest BCUT2D eigenvalue weighted by Gasteiger charge is -2.36. The molecule has 0 saturated carbocycles. The van der Waals surface area contributed by atoms with E-state index in [-0.39, 0.29) is 0 Å². The maximum absolute atomic E-state index is 2.38. The lowest BCUT2D eigenvalue weighted by atomic mass is 10.8. The van der Waals surface area contributed by atoms with Crippen LogP contribution in [0.5, 0.6) is 0 Å². The standard InChI is InChI=1S/C10H26NSi/c1-7-12(8-2,9-3)10-11(4,5)6/h7-10H2,1-6H3/q+1. The number of nitrogens with zero attached hydrogens (tertiary/aromatic N) is 1. The molecule has 0 aromatic carbocycles. The van der Waals surface area contributed by atoms with Gasteiger partial charge in [-0.3, -0.25) is 0 Å². The third-order valence-electron chi connectivity index (χ3n) is 3.06. The molecule has 0 spiro atoms. The molecule has 2 heteroatoms. The maximum atomic E-state index is 2.38. The first-order chi connectivity index (χ1) is 5.39. The van der Waals surface area contributed by atoms with Crippen molar-refractivity contribution in [1.29, 1.82) is 0 Å². The Bertz CT molecular complexity index is 114. The normalized spacial score (nSPS) is 13.5. The molecule has 0 unspecified atom stereocenters. The first-order valence-electron chi connectivity index (χ1n) is 5.19. The van der Waals surface area contributed by atoms with E-state index in [9.17, 15) is 0 Å². The summed E-state index contributed by atoms with van der Waals surface area (Å²) in [7, 11) is 6.09. The second-order valence-electron chi connectivity index (χ2n) is 5.01. The van der Waals surface area contributed by atoms with Gasteiger partial charge in [0.15, 0.2) is 0 Å². The minimum Gasteiger partial charge on any atom is -0.334 e. The summed E-state index contributed by atoms with van der Waals surface area (Å²) < 4.78 is 1.15. The highest BCUT2D eigenvalue weighted by Crippen LogP contribution is 2.22. The SMILES string of the molecule is CC[Si](CC)(CC)C[N+](C)(C)C. The Kier molecular flexibility index (Phi) is 4.49. The van der Waals surface area contributed by atoms with Gasteiger partial charge in [-0.05, 0) is 0 Å². The van der Waals surface area contributed by atoms with E-state index in [0.717, 1.165) is 4.48 Å². The zero-order chi connectivity index (χ0) is 9.83. The van der Waals surface area contributed by atoms with Crippen molar-refractivity contribution in [3.05, 3.63) is 0 Å². The van der Waals surface area contributed by atoms with E-state index in [1.807, 2.05) is 0 Å². The molecule has 0 N–H and O–H groups in total. The average Bonchev–Trinajstić information content (AvgIpc) is 1.99. The fourth-order valence-corrected chi connectivity index (χ4v) is 6.27. The van der Waals surface area contributed by atoms with Crippen molar-refractivity contribution in [3.63, 3.8) is 0 Å². The lowest BCUT2D eigenvalue weighted by molar-refractivity contribution is -0.860. The Hall–Kier alpha value is 0.177. The fraction of sp³-hybridized carbons (Fsp3) is 1.00. The Balaban J connectivity index is 4.30. The molecule has 0 aromatic heterocycles. The Morgan fingerprint density at radius 2 is 1.17 bits per heavy atom. The predicted octanol–water partition coefficient (Wildman–Crippen LogP) is 2.74. The van der Waals surface area contributed by atoms with Crippen LogP contribution in [0.2, 0.25) is 18.1 Å². The van der Waals surface area contributed by atoms with E-state index in [4.69, 9.17) is 0 Å². The summed E-state index contributed by atoms with van der Waals surface area (Å²) in [6.45, 7) is 7.15. The molecule has 0 radical (unpaired) electrons. The van der Waals surface area contributed by atoms with Crippen LogP contribution >= 0.6 is 0 Å². The lowest BCUT2D eigenvalue weighted by Crippen LogP contribution is -2.51. The molecule has 12 heavy (non-hydrogen) atoms. The predicted molar refractivity (Wildman–Crippen MR) is 60.1 cm³/mol. The van der Waals surface area contributed by atoms with Crippen LogP contribution in [0.3, 0.4) is 0 Å². The fourth-order valence-electron chi connectivity index (χ4n) is 2.09. The highest BCUT2D eigenvalue weighted by molar-refractivity contribution is 6.79. The third-order valence-corrected chi connectivity index (χ3v) is 9.18. The highest BCUT2D eigenvalue weighted by atomic mass is 28.3. The Morgan fingerprint density at radius 3 is 1.25 bits per heavy atom. The quantitative estimate of drug-likeness (QED) is 0.460. The summed E-state index contributed by atoms with van der Waals surface area (Å²) in [5, 5.41) is 0. The van der Waals surface area contributed by atoms with Gasteiger partial charge in [-0.15, -0.1) is 0 Å². The van der Waals surface area contributed by atoms with E-state index >= 15 is 0 Å². The van der Waals surface area contributed by atoms with Gasteiger partial charge in [-0.1, -0.05) is 38.9 Å². The van der Waals surface area contributed by atoms with Gasteiger partial charge in [0, 0.05) is 0 Å². The van der Waals surface area contributed by atoms with Crippen LogP contribution in [-0.4, -0.2) is 39.9 Å². The summed E-state index contributed by atoms with van der Waals surface area (Å²) in [6.07, 6.45) is 1.44. The van der Waals surface area contributed by atoms with Crippen molar-refractivity contribution >= 4 is 8.07 Å². The topological polar surface area (TPSA) is 0 Å². The van der Waals surface area contributed by atoms with Crippen molar-refractivity contribution in [2.24, 2.45) is 0 Å². The van der Waals surface area contributed by atoms with Crippen LogP contribution in [-0.2, 0) is 0 Å². The number of quaternary nitrogens is 1. The highest BCUT2D eigenvalue weighted by Gasteiger charge is 2.33. The van der Waals surface area contributed by atoms with Crippen molar-refractivity contribution in [1.82, 2.24) is 0 Å². The van der Waals surface area contributed by atoms with Crippen molar-refractivity contribution in [3.8, 4) is 0 Å². The van der Waals surface area contributed by atoms with Crippen LogP contribution in [0.4, 0.5) is 0 Å². The molecule has 0 atom stereocenters.